The molecule has 1 aliphatic carbocycles. The van der Waals surface area contributed by atoms with Gasteiger partial charge in [0.05, 0.1) is 0 Å². The Hall–Kier alpha value is -3.95. The van der Waals surface area contributed by atoms with Crippen LogP contribution >= 0.6 is 22.7 Å². The highest BCUT2D eigenvalue weighted by Gasteiger charge is 2.53. The fourth-order valence-electron chi connectivity index (χ4n) is 4.49. The molecule has 1 unspecified atom stereocenters. The molecule has 0 aliphatic heterocycles. The number of ether oxygens (including phenoxy) is 1. The molecule has 2 aromatic carbocycles. The summed E-state index contributed by atoms with van der Waals surface area (Å²) >= 11 is 3.23. The molecule has 0 radical (unpaired) electrons. The van der Waals surface area contributed by atoms with Gasteiger partial charge in [-0.2, -0.15) is 0 Å². The Morgan fingerprint density at radius 1 is 1.03 bits per heavy atom. The Morgan fingerprint density at radius 3 is 2.37 bits per heavy atom. The predicted molar refractivity (Wildman–Crippen MR) is 149 cm³/mol. The molecule has 3 aromatic heterocycles. The summed E-state index contributed by atoms with van der Waals surface area (Å²) in [6.07, 6.45) is 0.437. The van der Waals surface area contributed by atoms with Crippen molar-refractivity contribution in [2.24, 2.45) is 0 Å². The first-order chi connectivity index (χ1) is 18.3. The summed E-state index contributed by atoms with van der Waals surface area (Å²) in [4.78, 5) is 26.4. The van der Waals surface area contributed by atoms with Gasteiger partial charge in [0.15, 0.2) is 5.76 Å². The standard InChI is InChI=1S/C29H24N2O5S2/c1-16-25(30-28(34)35-17(2)18-6-4-3-5-7-18)26(36-31-16)20-10-8-19(9-11-20)21-14-22-23(37-21)15-24(38-22)29(12-13-29)27(32)33/h3-11,14-15,17H,12-13H2,1-2H3,(H,30,34)(H,32,33). The van der Waals surface area contributed by atoms with Gasteiger partial charge in [0.1, 0.15) is 22.9 Å². The summed E-state index contributed by atoms with van der Waals surface area (Å²) in [5.74, 6) is -0.267. The SMILES string of the molecule is Cc1noc(-c2ccc(-c3cc4sc(C5(C(=O)O)CC5)cc4s3)cc2)c1NC(=O)OC(C)c1ccccc1. The number of hydrogen-bond donors (Lipinski definition) is 2. The number of fused-ring (bicyclic) bond motifs is 1. The van der Waals surface area contributed by atoms with Crippen molar-refractivity contribution in [3.63, 3.8) is 0 Å². The van der Waals surface area contributed by atoms with Crippen LogP contribution in [0, 0.1) is 6.92 Å². The van der Waals surface area contributed by atoms with Crippen LogP contribution < -0.4 is 5.32 Å². The van der Waals surface area contributed by atoms with Gasteiger partial charge in [0.2, 0.25) is 0 Å². The first kappa shape index (κ1) is 24.4. The number of aliphatic carboxylic acids is 1. The summed E-state index contributed by atoms with van der Waals surface area (Å²) in [5, 5.41) is 16.4. The van der Waals surface area contributed by atoms with Crippen molar-refractivity contribution < 1.29 is 24.0 Å². The number of carboxylic acid groups (broad SMARTS) is 1. The molecule has 0 saturated heterocycles. The van der Waals surface area contributed by atoms with Crippen LogP contribution in [0.3, 0.4) is 0 Å². The topological polar surface area (TPSA) is 102 Å². The number of carboxylic acids is 1. The minimum Gasteiger partial charge on any atom is -0.481 e. The highest BCUT2D eigenvalue weighted by Crippen LogP contribution is 2.53. The third-order valence-corrected chi connectivity index (χ3v) is 9.46. The third-order valence-electron chi connectivity index (χ3n) is 6.91. The minimum atomic E-state index is -0.724. The number of aryl methyl sites for hydroxylation is 1. The zero-order valence-electron chi connectivity index (χ0n) is 20.7. The number of rotatable bonds is 7. The van der Waals surface area contributed by atoms with Gasteiger partial charge in [0.25, 0.3) is 0 Å². The van der Waals surface area contributed by atoms with Crippen LogP contribution in [0.25, 0.3) is 31.2 Å². The number of hydrogen-bond acceptors (Lipinski definition) is 7. The maximum absolute atomic E-state index is 12.6. The molecule has 5 aromatic rings. The second kappa shape index (κ2) is 9.41. The van der Waals surface area contributed by atoms with E-state index in [9.17, 15) is 14.7 Å². The molecular weight excluding hydrogens is 520 g/mol. The van der Waals surface area contributed by atoms with E-state index >= 15 is 0 Å². The molecule has 192 valence electrons. The lowest BCUT2D eigenvalue weighted by atomic mass is 10.1. The van der Waals surface area contributed by atoms with Crippen LogP contribution in [-0.2, 0) is 14.9 Å². The van der Waals surface area contributed by atoms with Crippen LogP contribution in [0.1, 0.15) is 42.0 Å². The van der Waals surface area contributed by atoms with Gasteiger partial charge in [0, 0.05) is 24.7 Å². The second-order valence-corrected chi connectivity index (χ2v) is 11.6. The molecule has 0 bridgehead atoms. The minimum absolute atomic E-state index is 0.408. The fourth-order valence-corrected chi connectivity index (χ4v) is 7.13. The number of amides is 1. The Labute approximate surface area is 226 Å². The fraction of sp³-hybridized carbons (Fsp3) is 0.207. The molecule has 6 rings (SSSR count). The van der Waals surface area contributed by atoms with Gasteiger partial charge >= 0.3 is 12.1 Å². The van der Waals surface area contributed by atoms with Gasteiger partial charge in [-0.3, -0.25) is 10.1 Å². The lowest BCUT2D eigenvalue weighted by Crippen LogP contribution is -2.17. The van der Waals surface area contributed by atoms with Crippen LogP contribution in [0.4, 0.5) is 10.5 Å². The summed E-state index contributed by atoms with van der Waals surface area (Å²) in [5.41, 5.74) is 3.08. The van der Waals surface area contributed by atoms with Crippen LogP contribution in [0.2, 0.25) is 0 Å². The zero-order valence-corrected chi connectivity index (χ0v) is 22.3. The van der Waals surface area contributed by atoms with E-state index in [-0.39, 0.29) is 0 Å². The maximum atomic E-state index is 12.6. The molecular formula is C29H24N2O5S2. The summed E-state index contributed by atoms with van der Waals surface area (Å²) in [7, 11) is 0. The van der Waals surface area contributed by atoms with Crippen molar-refractivity contribution in [2.75, 3.05) is 5.32 Å². The van der Waals surface area contributed by atoms with Gasteiger partial charge in [-0.15, -0.1) is 22.7 Å². The number of anilines is 1. The molecule has 0 spiro atoms. The van der Waals surface area contributed by atoms with Gasteiger partial charge < -0.3 is 14.4 Å². The van der Waals surface area contributed by atoms with Crippen LogP contribution in [0.5, 0.6) is 0 Å². The molecule has 7 nitrogen and oxygen atoms in total. The number of aromatic nitrogens is 1. The Balaban J connectivity index is 1.19. The van der Waals surface area contributed by atoms with Crippen molar-refractivity contribution in [3.05, 3.63) is 82.9 Å². The maximum Gasteiger partial charge on any atom is 0.412 e. The van der Waals surface area contributed by atoms with E-state index in [1.54, 1.807) is 29.6 Å². The lowest BCUT2D eigenvalue weighted by molar-refractivity contribution is -0.139. The van der Waals surface area contributed by atoms with Gasteiger partial charge in [-0.05, 0) is 49.9 Å². The first-order valence-corrected chi connectivity index (χ1v) is 13.8. The molecule has 1 amide bonds. The van der Waals surface area contributed by atoms with Gasteiger partial charge in [-0.25, -0.2) is 4.79 Å². The smallest absolute Gasteiger partial charge is 0.412 e. The van der Waals surface area contributed by atoms with Crippen molar-refractivity contribution in [3.8, 4) is 21.8 Å². The molecule has 1 saturated carbocycles. The quantitative estimate of drug-likeness (QED) is 0.215. The number of carbonyl (C=O) groups excluding carboxylic acids is 1. The Bertz CT molecular complexity index is 1610. The monoisotopic (exact) mass is 544 g/mol. The summed E-state index contributed by atoms with van der Waals surface area (Å²) < 4.78 is 13.3. The van der Waals surface area contributed by atoms with E-state index in [1.807, 2.05) is 67.6 Å². The van der Waals surface area contributed by atoms with E-state index in [0.29, 0.717) is 30.0 Å². The number of benzene rings is 2. The molecule has 1 atom stereocenters. The molecule has 38 heavy (non-hydrogen) atoms. The number of thiophene rings is 2. The van der Waals surface area contributed by atoms with Crippen molar-refractivity contribution in [1.82, 2.24) is 5.16 Å². The molecule has 9 heteroatoms. The van der Waals surface area contributed by atoms with Crippen molar-refractivity contribution >= 4 is 49.8 Å². The van der Waals surface area contributed by atoms with E-state index in [2.05, 4.69) is 16.5 Å². The van der Waals surface area contributed by atoms with E-state index in [1.165, 1.54) is 0 Å². The normalized spacial score (nSPS) is 14.8. The molecule has 2 N–H and O–H groups in total. The van der Waals surface area contributed by atoms with Crippen LogP contribution in [0.15, 0.2) is 71.3 Å². The highest BCUT2D eigenvalue weighted by molar-refractivity contribution is 7.29. The molecule has 3 heterocycles. The van der Waals surface area contributed by atoms with E-state index in [4.69, 9.17) is 9.26 Å². The first-order valence-electron chi connectivity index (χ1n) is 12.2. The lowest BCUT2D eigenvalue weighted by Gasteiger charge is -2.14. The Morgan fingerprint density at radius 2 is 1.71 bits per heavy atom. The predicted octanol–water partition coefficient (Wildman–Crippen LogP) is 8.02. The third kappa shape index (κ3) is 4.37. The zero-order chi connectivity index (χ0) is 26.4. The highest BCUT2D eigenvalue weighted by atomic mass is 32.1. The Kier molecular flexibility index (Phi) is 6.04. The van der Waals surface area contributed by atoms with Crippen molar-refractivity contribution in [2.45, 2.75) is 38.2 Å². The number of nitrogens with one attached hydrogen (secondary N) is 1. The average Bonchev–Trinajstić information content (AvgIpc) is 3.32. The van der Waals surface area contributed by atoms with E-state index in [0.717, 1.165) is 35.8 Å². The number of nitrogens with zero attached hydrogens (tertiary/aromatic N) is 1. The van der Waals surface area contributed by atoms with Crippen molar-refractivity contribution in [1.29, 1.82) is 0 Å². The average molecular weight is 545 g/mol. The summed E-state index contributed by atoms with van der Waals surface area (Å²) in [6.45, 7) is 3.58. The second-order valence-electron chi connectivity index (χ2n) is 9.47. The van der Waals surface area contributed by atoms with Crippen LogP contribution in [-0.4, -0.2) is 22.3 Å². The molecule has 1 aliphatic rings. The number of carbonyl (C=O) groups is 2. The largest absolute Gasteiger partial charge is 0.481 e. The van der Waals surface area contributed by atoms with E-state index < -0.39 is 23.6 Å². The molecule has 1 fully saturated rings. The van der Waals surface area contributed by atoms with Gasteiger partial charge in [-0.1, -0.05) is 59.8 Å². The summed E-state index contributed by atoms with van der Waals surface area (Å²) in [6, 6.07) is 21.6.